The van der Waals surface area contributed by atoms with Crippen molar-refractivity contribution in [3.05, 3.63) is 29.6 Å². The van der Waals surface area contributed by atoms with Crippen LogP contribution in [-0.4, -0.2) is 19.6 Å². The van der Waals surface area contributed by atoms with Crippen LogP contribution < -0.4 is 5.32 Å². The van der Waals surface area contributed by atoms with Gasteiger partial charge in [0, 0.05) is 6.54 Å². The summed E-state index contributed by atoms with van der Waals surface area (Å²) in [6.45, 7) is 2.78. The maximum absolute atomic E-state index is 13.0. The second-order valence-electron chi connectivity index (χ2n) is 3.46. The molecule has 0 aliphatic rings. The molecular formula is C12H16FNO2. The first-order valence-corrected chi connectivity index (χ1v) is 5.30. The van der Waals surface area contributed by atoms with Crippen molar-refractivity contribution >= 4 is 11.7 Å². The van der Waals surface area contributed by atoms with Crippen LogP contribution in [0.5, 0.6) is 0 Å². The fourth-order valence-electron chi connectivity index (χ4n) is 1.35. The molecule has 0 radical (unpaired) electrons. The molecule has 1 rings (SSSR count). The highest BCUT2D eigenvalue weighted by Crippen LogP contribution is 2.18. The third-order valence-corrected chi connectivity index (χ3v) is 2.23. The Balaban J connectivity index is 2.85. The van der Waals surface area contributed by atoms with Crippen LogP contribution in [0, 0.1) is 5.82 Å². The number of benzene rings is 1. The van der Waals surface area contributed by atoms with Gasteiger partial charge in [-0.25, -0.2) is 9.18 Å². The van der Waals surface area contributed by atoms with E-state index in [1.165, 1.54) is 25.3 Å². The highest BCUT2D eigenvalue weighted by molar-refractivity contribution is 5.95. The van der Waals surface area contributed by atoms with Gasteiger partial charge in [-0.2, -0.15) is 0 Å². The Labute approximate surface area is 94.6 Å². The van der Waals surface area contributed by atoms with Gasteiger partial charge in [-0.1, -0.05) is 13.3 Å². The molecule has 0 aliphatic heterocycles. The Morgan fingerprint density at radius 3 is 2.88 bits per heavy atom. The van der Waals surface area contributed by atoms with Gasteiger partial charge >= 0.3 is 5.97 Å². The molecule has 1 aromatic rings. The van der Waals surface area contributed by atoms with E-state index in [4.69, 9.17) is 0 Å². The number of nitrogens with one attached hydrogen (secondary N) is 1. The van der Waals surface area contributed by atoms with Crippen LogP contribution >= 0.6 is 0 Å². The fraction of sp³-hybridized carbons (Fsp3) is 0.417. The van der Waals surface area contributed by atoms with Crippen molar-refractivity contribution in [3.63, 3.8) is 0 Å². The van der Waals surface area contributed by atoms with E-state index in [2.05, 4.69) is 17.0 Å². The Kier molecular flexibility index (Phi) is 4.76. The second kappa shape index (κ2) is 6.10. The molecular weight excluding hydrogens is 209 g/mol. The zero-order valence-electron chi connectivity index (χ0n) is 9.55. The number of hydrogen-bond acceptors (Lipinski definition) is 3. The number of carbonyl (C=O) groups is 1. The number of ether oxygens (including phenoxy) is 1. The largest absolute Gasteiger partial charge is 0.465 e. The molecule has 0 aliphatic carbocycles. The van der Waals surface area contributed by atoms with Gasteiger partial charge in [-0.05, 0) is 24.6 Å². The molecule has 0 heterocycles. The number of carbonyl (C=O) groups excluding carboxylic acids is 1. The highest BCUT2D eigenvalue weighted by Gasteiger charge is 2.11. The summed E-state index contributed by atoms with van der Waals surface area (Å²) in [4.78, 5) is 11.4. The van der Waals surface area contributed by atoms with Gasteiger partial charge in [0.25, 0.3) is 0 Å². The van der Waals surface area contributed by atoms with Crippen LogP contribution in [0.2, 0.25) is 0 Å². The molecule has 1 N–H and O–H groups in total. The van der Waals surface area contributed by atoms with E-state index in [0.717, 1.165) is 12.8 Å². The average molecular weight is 225 g/mol. The molecule has 0 bridgehead atoms. The fourth-order valence-corrected chi connectivity index (χ4v) is 1.35. The Morgan fingerprint density at radius 1 is 1.50 bits per heavy atom. The van der Waals surface area contributed by atoms with Gasteiger partial charge in [0.1, 0.15) is 5.82 Å². The summed E-state index contributed by atoms with van der Waals surface area (Å²) < 4.78 is 17.7. The molecule has 0 fully saturated rings. The lowest BCUT2D eigenvalue weighted by Crippen LogP contribution is -2.09. The van der Waals surface area contributed by atoms with Crippen molar-refractivity contribution in [1.82, 2.24) is 0 Å². The first-order valence-electron chi connectivity index (χ1n) is 5.30. The predicted molar refractivity (Wildman–Crippen MR) is 61.1 cm³/mol. The van der Waals surface area contributed by atoms with E-state index in [-0.39, 0.29) is 5.82 Å². The Hall–Kier alpha value is -1.58. The summed E-state index contributed by atoms with van der Waals surface area (Å²) in [5.74, 6) is -0.828. The summed E-state index contributed by atoms with van der Waals surface area (Å²) in [5.41, 5.74) is 0.848. The minimum absolute atomic E-state index is 0.361. The molecule has 88 valence electrons. The summed E-state index contributed by atoms with van der Waals surface area (Å²) in [6, 6.07) is 3.98. The third-order valence-electron chi connectivity index (χ3n) is 2.23. The minimum atomic E-state index is -0.459. The number of esters is 1. The molecule has 0 amide bonds. The standard InChI is InChI=1S/C12H16FNO2/c1-3-4-7-14-11-8-9(13)5-6-10(11)12(15)16-2/h5-6,8,14H,3-4,7H2,1-2H3. The number of hydrogen-bond donors (Lipinski definition) is 1. The molecule has 4 heteroatoms. The van der Waals surface area contributed by atoms with Crippen LogP contribution in [-0.2, 0) is 4.74 Å². The van der Waals surface area contributed by atoms with E-state index >= 15 is 0 Å². The zero-order chi connectivity index (χ0) is 12.0. The lowest BCUT2D eigenvalue weighted by atomic mass is 10.1. The molecule has 16 heavy (non-hydrogen) atoms. The smallest absolute Gasteiger partial charge is 0.339 e. The summed E-state index contributed by atoms with van der Waals surface area (Å²) >= 11 is 0. The molecule has 1 aromatic carbocycles. The number of halogens is 1. The van der Waals surface area contributed by atoms with Crippen LogP contribution in [0.15, 0.2) is 18.2 Å². The number of rotatable bonds is 5. The van der Waals surface area contributed by atoms with E-state index in [0.29, 0.717) is 17.8 Å². The van der Waals surface area contributed by atoms with Gasteiger partial charge in [0.05, 0.1) is 18.4 Å². The average Bonchev–Trinajstić information content (AvgIpc) is 2.29. The van der Waals surface area contributed by atoms with E-state index in [1.54, 1.807) is 0 Å². The first kappa shape index (κ1) is 12.5. The lowest BCUT2D eigenvalue weighted by molar-refractivity contribution is 0.0602. The third kappa shape index (κ3) is 3.22. The number of methoxy groups -OCH3 is 1. The van der Waals surface area contributed by atoms with E-state index < -0.39 is 5.97 Å². The molecule has 0 spiro atoms. The summed E-state index contributed by atoms with van der Waals surface area (Å²) in [5, 5.41) is 3.03. The van der Waals surface area contributed by atoms with Crippen molar-refractivity contribution in [2.24, 2.45) is 0 Å². The van der Waals surface area contributed by atoms with Crippen LogP contribution in [0.4, 0.5) is 10.1 Å². The van der Waals surface area contributed by atoms with Gasteiger partial charge in [-0.3, -0.25) is 0 Å². The first-order chi connectivity index (χ1) is 7.69. The minimum Gasteiger partial charge on any atom is -0.465 e. The summed E-state index contributed by atoms with van der Waals surface area (Å²) in [6.07, 6.45) is 2.01. The normalized spacial score (nSPS) is 9.94. The quantitative estimate of drug-likeness (QED) is 0.618. The molecule has 0 atom stereocenters. The SMILES string of the molecule is CCCCNc1cc(F)ccc1C(=O)OC. The maximum atomic E-state index is 13.0. The molecule has 0 saturated heterocycles. The highest BCUT2D eigenvalue weighted by atomic mass is 19.1. The monoisotopic (exact) mass is 225 g/mol. The van der Waals surface area contributed by atoms with Crippen molar-refractivity contribution in [1.29, 1.82) is 0 Å². The van der Waals surface area contributed by atoms with Gasteiger partial charge < -0.3 is 10.1 Å². The molecule has 0 saturated carbocycles. The maximum Gasteiger partial charge on any atom is 0.339 e. The molecule has 0 aromatic heterocycles. The topological polar surface area (TPSA) is 38.3 Å². The van der Waals surface area contributed by atoms with Crippen molar-refractivity contribution < 1.29 is 13.9 Å². The lowest BCUT2D eigenvalue weighted by Gasteiger charge is -2.10. The van der Waals surface area contributed by atoms with Crippen molar-refractivity contribution in [2.75, 3.05) is 19.0 Å². The Bertz CT molecular complexity index is 366. The predicted octanol–water partition coefficient (Wildman–Crippen LogP) is 2.82. The van der Waals surface area contributed by atoms with Crippen LogP contribution in [0.3, 0.4) is 0 Å². The van der Waals surface area contributed by atoms with E-state index in [9.17, 15) is 9.18 Å². The van der Waals surface area contributed by atoms with Gasteiger partial charge in [-0.15, -0.1) is 0 Å². The van der Waals surface area contributed by atoms with Gasteiger partial charge in [0.2, 0.25) is 0 Å². The van der Waals surface area contributed by atoms with Gasteiger partial charge in [0.15, 0.2) is 0 Å². The van der Waals surface area contributed by atoms with E-state index in [1.807, 2.05) is 0 Å². The Morgan fingerprint density at radius 2 is 2.25 bits per heavy atom. The molecule has 0 unspecified atom stereocenters. The van der Waals surface area contributed by atoms with Crippen molar-refractivity contribution in [3.8, 4) is 0 Å². The zero-order valence-corrected chi connectivity index (χ0v) is 9.55. The number of unbranched alkanes of at least 4 members (excludes halogenated alkanes) is 1. The summed E-state index contributed by atoms with van der Waals surface area (Å²) in [7, 11) is 1.31. The van der Waals surface area contributed by atoms with Crippen LogP contribution in [0.25, 0.3) is 0 Å². The molecule has 3 nitrogen and oxygen atoms in total. The van der Waals surface area contributed by atoms with Crippen molar-refractivity contribution in [2.45, 2.75) is 19.8 Å². The second-order valence-corrected chi connectivity index (χ2v) is 3.46. The number of anilines is 1. The van der Waals surface area contributed by atoms with Crippen LogP contribution in [0.1, 0.15) is 30.1 Å².